The SMILES string of the molecule is Ic1cc2ncccn2n1. The molecular formula is C6H4IN3. The van der Waals surface area contributed by atoms with E-state index in [2.05, 4.69) is 32.7 Å². The van der Waals surface area contributed by atoms with Gasteiger partial charge in [0.1, 0.15) is 3.70 Å². The maximum atomic E-state index is 4.15. The summed E-state index contributed by atoms with van der Waals surface area (Å²) in [6.07, 6.45) is 3.64. The number of nitrogens with zero attached hydrogens (tertiary/aromatic N) is 3. The Hall–Kier alpha value is -0.650. The maximum absolute atomic E-state index is 4.15. The molecule has 0 aliphatic carbocycles. The lowest BCUT2D eigenvalue weighted by atomic mass is 10.6. The molecule has 50 valence electrons. The third-order valence-corrected chi connectivity index (χ3v) is 1.73. The molecule has 0 aromatic carbocycles. The van der Waals surface area contributed by atoms with Crippen molar-refractivity contribution >= 4 is 28.2 Å². The summed E-state index contributed by atoms with van der Waals surface area (Å²) in [7, 11) is 0. The number of hydrogen-bond donors (Lipinski definition) is 0. The van der Waals surface area contributed by atoms with Gasteiger partial charge >= 0.3 is 0 Å². The zero-order valence-corrected chi connectivity index (χ0v) is 7.19. The van der Waals surface area contributed by atoms with E-state index in [1.54, 1.807) is 10.7 Å². The monoisotopic (exact) mass is 245 g/mol. The molecule has 0 saturated carbocycles. The number of hydrogen-bond acceptors (Lipinski definition) is 2. The molecule has 2 rings (SSSR count). The molecule has 0 N–H and O–H groups in total. The first-order valence-electron chi connectivity index (χ1n) is 2.82. The van der Waals surface area contributed by atoms with Crippen LogP contribution in [0.3, 0.4) is 0 Å². The molecule has 2 heterocycles. The lowest BCUT2D eigenvalue weighted by Crippen LogP contribution is -1.86. The Kier molecular flexibility index (Phi) is 1.33. The predicted molar refractivity (Wildman–Crippen MR) is 45.7 cm³/mol. The molecule has 0 aliphatic rings. The van der Waals surface area contributed by atoms with E-state index < -0.39 is 0 Å². The lowest BCUT2D eigenvalue weighted by molar-refractivity contribution is 0.926. The molecule has 0 bridgehead atoms. The summed E-state index contributed by atoms with van der Waals surface area (Å²) in [5.41, 5.74) is 0.895. The van der Waals surface area contributed by atoms with Crippen molar-refractivity contribution < 1.29 is 0 Å². The van der Waals surface area contributed by atoms with E-state index in [-0.39, 0.29) is 0 Å². The Bertz CT molecular complexity index is 322. The first-order chi connectivity index (χ1) is 4.86. The van der Waals surface area contributed by atoms with Crippen LogP contribution >= 0.6 is 22.6 Å². The van der Waals surface area contributed by atoms with Crippen molar-refractivity contribution in [2.75, 3.05) is 0 Å². The van der Waals surface area contributed by atoms with Gasteiger partial charge in [-0.05, 0) is 28.7 Å². The van der Waals surface area contributed by atoms with Crippen LogP contribution in [0.2, 0.25) is 0 Å². The molecular weight excluding hydrogens is 241 g/mol. The van der Waals surface area contributed by atoms with Gasteiger partial charge < -0.3 is 0 Å². The Balaban J connectivity index is 2.88. The van der Waals surface area contributed by atoms with Crippen LogP contribution in [0.25, 0.3) is 5.65 Å². The fourth-order valence-corrected chi connectivity index (χ4v) is 1.31. The van der Waals surface area contributed by atoms with Crippen LogP contribution in [0.4, 0.5) is 0 Å². The van der Waals surface area contributed by atoms with Gasteiger partial charge in [0.25, 0.3) is 0 Å². The largest absolute Gasteiger partial charge is 0.237 e. The highest BCUT2D eigenvalue weighted by Gasteiger charge is 1.95. The van der Waals surface area contributed by atoms with Crippen LogP contribution in [0.5, 0.6) is 0 Å². The molecule has 0 radical (unpaired) electrons. The van der Waals surface area contributed by atoms with E-state index in [1.807, 2.05) is 18.3 Å². The van der Waals surface area contributed by atoms with E-state index in [4.69, 9.17) is 0 Å². The minimum atomic E-state index is 0.895. The van der Waals surface area contributed by atoms with Crippen LogP contribution < -0.4 is 0 Å². The summed E-state index contributed by atoms with van der Waals surface area (Å²) < 4.78 is 2.72. The molecule has 3 nitrogen and oxygen atoms in total. The molecule has 0 spiro atoms. The van der Waals surface area contributed by atoms with Crippen molar-refractivity contribution in [2.45, 2.75) is 0 Å². The molecule has 4 heteroatoms. The fourth-order valence-electron chi connectivity index (χ4n) is 0.801. The maximum Gasteiger partial charge on any atom is 0.155 e. The van der Waals surface area contributed by atoms with E-state index in [0.29, 0.717) is 0 Å². The Morgan fingerprint density at radius 3 is 3.20 bits per heavy atom. The second kappa shape index (κ2) is 2.19. The summed E-state index contributed by atoms with van der Waals surface area (Å²) in [6.45, 7) is 0. The summed E-state index contributed by atoms with van der Waals surface area (Å²) in [5, 5.41) is 4.15. The highest BCUT2D eigenvalue weighted by atomic mass is 127. The number of halogens is 1. The van der Waals surface area contributed by atoms with E-state index >= 15 is 0 Å². The third kappa shape index (κ3) is 0.880. The highest BCUT2D eigenvalue weighted by molar-refractivity contribution is 14.1. The molecule has 0 saturated heterocycles. The second-order valence-electron chi connectivity index (χ2n) is 1.89. The van der Waals surface area contributed by atoms with Crippen LogP contribution in [0, 0.1) is 3.70 Å². The van der Waals surface area contributed by atoms with Crippen molar-refractivity contribution in [3.8, 4) is 0 Å². The first kappa shape index (κ1) is 6.09. The average Bonchev–Trinajstić information content (AvgIpc) is 2.27. The van der Waals surface area contributed by atoms with Gasteiger partial charge in [-0.25, -0.2) is 9.50 Å². The number of fused-ring (bicyclic) bond motifs is 1. The summed E-state index contributed by atoms with van der Waals surface area (Å²) in [6, 6.07) is 3.79. The Morgan fingerprint density at radius 2 is 2.40 bits per heavy atom. The summed E-state index contributed by atoms with van der Waals surface area (Å²) >= 11 is 2.16. The molecule has 2 aromatic rings. The Labute approximate surface area is 71.2 Å². The van der Waals surface area contributed by atoms with E-state index in [9.17, 15) is 0 Å². The van der Waals surface area contributed by atoms with Crippen LogP contribution in [0.15, 0.2) is 24.5 Å². The van der Waals surface area contributed by atoms with Gasteiger partial charge in [0, 0.05) is 18.5 Å². The normalized spacial score (nSPS) is 10.5. The molecule has 0 atom stereocenters. The molecule has 0 fully saturated rings. The van der Waals surface area contributed by atoms with Gasteiger partial charge in [-0.3, -0.25) is 0 Å². The summed E-state index contributed by atoms with van der Waals surface area (Å²) in [4.78, 5) is 4.10. The van der Waals surface area contributed by atoms with Crippen molar-refractivity contribution in [1.82, 2.24) is 14.6 Å². The zero-order chi connectivity index (χ0) is 6.97. The van der Waals surface area contributed by atoms with Gasteiger partial charge in [0.2, 0.25) is 0 Å². The van der Waals surface area contributed by atoms with Gasteiger partial charge in [0.05, 0.1) is 0 Å². The Morgan fingerprint density at radius 1 is 1.50 bits per heavy atom. The minimum Gasteiger partial charge on any atom is -0.237 e. The van der Waals surface area contributed by atoms with E-state index in [1.165, 1.54) is 0 Å². The number of aromatic nitrogens is 3. The first-order valence-corrected chi connectivity index (χ1v) is 3.90. The van der Waals surface area contributed by atoms with E-state index in [0.717, 1.165) is 9.35 Å². The molecule has 10 heavy (non-hydrogen) atoms. The van der Waals surface area contributed by atoms with Gasteiger partial charge in [0.15, 0.2) is 5.65 Å². The third-order valence-electron chi connectivity index (χ3n) is 1.21. The predicted octanol–water partition coefficient (Wildman–Crippen LogP) is 1.33. The van der Waals surface area contributed by atoms with Gasteiger partial charge in [-0.15, -0.1) is 0 Å². The van der Waals surface area contributed by atoms with Gasteiger partial charge in [-0.2, -0.15) is 5.10 Å². The second-order valence-corrected chi connectivity index (χ2v) is 2.99. The zero-order valence-electron chi connectivity index (χ0n) is 5.03. The molecule has 0 unspecified atom stereocenters. The van der Waals surface area contributed by atoms with Crippen LogP contribution in [-0.4, -0.2) is 14.6 Å². The highest BCUT2D eigenvalue weighted by Crippen LogP contribution is 2.04. The van der Waals surface area contributed by atoms with Crippen LogP contribution in [0.1, 0.15) is 0 Å². The molecule has 0 amide bonds. The quantitative estimate of drug-likeness (QED) is 0.655. The molecule has 0 aliphatic heterocycles. The summed E-state index contributed by atoms with van der Waals surface area (Å²) in [5.74, 6) is 0. The van der Waals surface area contributed by atoms with Crippen LogP contribution in [-0.2, 0) is 0 Å². The molecule has 2 aromatic heterocycles. The van der Waals surface area contributed by atoms with Crippen molar-refractivity contribution in [3.63, 3.8) is 0 Å². The average molecular weight is 245 g/mol. The smallest absolute Gasteiger partial charge is 0.155 e. The topological polar surface area (TPSA) is 30.2 Å². The fraction of sp³-hybridized carbons (Fsp3) is 0. The lowest BCUT2D eigenvalue weighted by Gasteiger charge is -1.85. The van der Waals surface area contributed by atoms with Crippen molar-refractivity contribution in [1.29, 1.82) is 0 Å². The van der Waals surface area contributed by atoms with Gasteiger partial charge in [-0.1, -0.05) is 0 Å². The minimum absolute atomic E-state index is 0.895. The van der Waals surface area contributed by atoms with Crippen molar-refractivity contribution in [2.24, 2.45) is 0 Å². The van der Waals surface area contributed by atoms with Crippen molar-refractivity contribution in [3.05, 3.63) is 28.2 Å². The standard InChI is InChI=1S/C6H4IN3/c7-5-4-6-8-2-1-3-10(6)9-5/h1-4H. The number of rotatable bonds is 0.